The highest BCUT2D eigenvalue weighted by molar-refractivity contribution is 5.88. The summed E-state index contributed by atoms with van der Waals surface area (Å²) >= 11 is 0. The second-order valence-electron chi connectivity index (χ2n) is 5.60. The highest BCUT2D eigenvalue weighted by atomic mass is 16.5. The maximum Gasteiger partial charge on any atom is 0.335 e. The zero-order chi connectivity index (χ0) is 20.1. The van der Waals surface area contributed by atoms with Crippen LogP contribution in [0.1, 0.15) is 26.3 Å². The van der Waals surface area contributed by atoms with Gasteiger partial charge in [-0.2, -0.15) is 5.26 Å². The van der Waals surface area contributed by atoms with E-state index in [0.29, 0.717) is 11.5 Å². The Morgan fingerprint density at radius 3 is 1.43 bits per heavy atom. The van der Waals surface area contributed by atoms with E-state index in [0.717, 1.165) is 0 Å². The Morgan fingerprint density at radius 2 is 1.11 bits per heavy atom. The van der Waals surface area contributed by atoms with Crippen molar-refractivity contribution in [3.8, 4) is 29.1 Å². The van der Waals surface area contributed by atoms with Crippen molar-refractivity contribution in [3.05, 3.63) is 83.4 Å². The second kappa shape index (κ2) is 7.93. The molecule has 0 aliphatic rings. The van der Waals surface area contributed by atoms with Crippen LogP contribution in [0.5, 0.6) is 23.0 Å². The van der Waals surface area contributed by atoms with E-state index < -0.39 is 11.9 Å². The zero-order valence-electron chi connectivity index (χ0n) is 14.3. The van der Waals surface area contributed by atoms with Crippen molar-refractivity contribution >= 4 is 11.9 Å². The van der Waals surface area contributed by atoms with Gasteiger partial charge in [-0.05, 0) is 60.7 Å². The zero-order valence-corrected chi connectivity index (χ0v) is 14.3. The Morgan fingerprint density at radius 1 is 0.714 bits per heavy atom. The standard InChI is InChI=1S/C21H13NO6/c22-12-17-18(27-15-8-4-13(5-9-15)20(23)24)2-1-3-19(17)28-16-10-6-14(7-11-16)21(25)26/h1-11H,(H,23,24)(H,25,26). The molecule has 0 radical (unpaired) electrons. The summed E-state index contributed by atoms with van der Waals surface area (Å²) in [5.74, 6) is -0.883. The number of carboxylic acids is 2. The lowest BCUT2D eigenvalue weighted by atomic mass is 10.2. The van der Waals surface area contributed by atoms with Gasteiger partial charge >= 0.3 is 11.9 Å². The summed E-state index contributed by atoms with van der Waals surface area (Å²) in [5, 5.41) is 27.4. The molecule has 0 saturated carbocycles. The molecule has 0 aromatic heterocycles. The number of carbonyl (C=O) groups is 2. The largest absolute Gasteiger partial charge is 0.478 e. The molecule has 0 amide bonds. The molecule has 0 aliphatic carbocycles. The monoisotopic (exact) mass is 375 g/mol. The molecule has 0 aliphatic heterocycles. The summed E-state index contributed by atoms with van der Waals surface area (Å²) in [4.78, 5) is 21.8. The maximum absolute atomic E-state index is 10.9. The molecule has 3 rings (SSSR count). The fraction of sp³-hybridized carbons (Fsp3) is 0. The van der Waals surface area contributed by atoms with Crippen molar-refractivity contribution < 1.29 is 29.3 Å². The topological polar surface area (TPSA) is 117 Å². The SMILES string of the molecule is N#Cc1c(Oc2ccc(C(=O)O)cc2)cccc1Oc1ccc(C(=O)O)cc1. The van der Waals surface area contributed by atoms with Crippen LogP contribution in [-0.2, 0) is 0 Å². The second-order valence-corrected chi connectivity index (χ2v) is 5.60. The lowest BCUT2D eigenvalue weighted by molar-refractivity contribution is 0.0686. The summed E-state index contributed by atoms with van der Waals surface area (Å²) in [6.45, 7) is 0. The van der Waals surface area contributed by atoms with E-state index in [1.807, 2.05) is 6.07 Å². The van der Waals surface area contributed by atoms with Crippen LogP contribution in [0, 0.1) is 11.3 Å². The summed E-state index contributed by atoms with van der Waals surface area (Å²) in [5.41, 5.74) is 0.386. The third-order valence-corrected chi connectivity index (χ3v) is 3.76. The van der Waals surface area contributed by atoms with E-state index in [1.54, 1.807) is 18.2 Å². The summed E-state index contributed by atoms with van der Waals surface area (Å²) in [7, 11) is 0. The number of hydrogen-bond donors (Lipinski definition) is 2. The van der Waals surface area contributed by atoms with Gasteiger partial charge in [-0.1, -0.05) is 6.07 Å². The van der Waals surface area contributed by atoms with E-state index in [2.05, 4.69) is 0 Å². The molecule has 138 valence electrons. The van der Waals surface area contributed by atoms with Crippen molar-refractivity contribution in [3.63, 3.8) is 0 Å². The minimum atomic E-state index is -1.05. The molecule has 0 saturated heterocycles. The van der Waals surface area contributed by atoms with E-state index >= 15 is 0 Å². The van der Waals surface area contributed by atoms with Gasteiger partial charge in [0.1, 0.15) is 34.6 Å². The average Bonchev–Trinajstić information content (AvgIpc) is 2.69. The normalized spacial score (nSPS) is 9.96. The average molecular weight is 375 g/mol. The molecule has 0 spiro atoms. The van der Waals surface area contributed by atoms with Gasteiger partial charge in [0, 0.05) is 0 Å². The third kappa shape index (κ3) is 4.08. The third-order valence-electron chi connectivity index (χ3n) is 3.76. The molecular formula is C21H13NO6. The van der Waals surface area contributed by atoms with Gasteiger partial charge < -0.3 is 19.7 Å². The summed E-state index contributed by atoms with van der Waals surface area (Å²) in [6.07, 6.45) is 0. The van der Waals surface area contributed by atoms with Crippen LogP contribution in [-0.4, -0.2) is 22.2 Å². The van der Waals surface area contributed by atoms with E-state index in [-0.39, 0.29) is 28.2 Å². The summed E-state index contributed by atoms with van der Waals surface area (Å²) < 4.78 is 11.4. The first-order valence-corrected chi connectivity index (χ1v) is 8.03. The number of nitriles is 1. The van der Waals surface area contributed by atoms with Crippen LogP contribution in [0.15, 0.2) is 66.7 Å². The predicted octanol–water partition coefficient (Wildman–Crippen LogP) is 4.54. The quantitative estimate of drug-likeness (QED) is 0.649. The molecule has 28 heavy (non-hydrogen) atoms. The number of nitrogens with zero attached hydrogens (tertiary/aromatic N) is 1. The predicted molar refractivity (Wildman–Crippen MR) is 98.1 cm³/mol. The molecule has 3 aromatic rings. The van der Waals surface area contributed by atoms with Gasteiger partial charge in [0.05, 0.1) is 11.1 Å². The van der Waals surface area contributed by atoms with Crippen LogP contribution in [0.2, 0.25) is 0 Å². The number of aromatic carboxylic acids is 2. The number of carboxylic acid groups (broad SMARTS) is 2. The number of hydrogen-bond acceptors (Lipinski definition) is 5. The lowest BCUT2D eigenvalue weighted by Gasteiger charge is -2.12. The molecule has 7 heteroatoms. The first kappa shape index (κ1) is 18.5. The van der Waals surface area contributed by atoms with Crippen LogP contribution < -0.4 is 9.47 Å². The lowest BCUT2D eigenvalue weighted by Crippen LogP contribution is -1.97. The molecule has 0 fully saturated rings. The van der Waals surface area contributed by atoms with Crippen LogP contribution in [0.4, 0.5) is 0 Å². The number of benzene rings is 3. The Hall–Kier alpha value is -4.31. The van der Waals surface area contributed by atoms with Gasteiger partial charge in [-0.15, -0.1) is 0 Å². The molecule has 0 atom stereocenters. The van der Waals surface area contributed by atoms with Crippen molar-refractivity contribution in [2.45, 2.75) is 0 Å². The van der Waals surface area contributed by atoms with Gasteiger partial charge in [0.2, 0.25) is 0 Å². The Labute approximate surface area is 159 Å². The van der Waals surface area contributed by atoms with Gasteiger partial charge in [0.25, 0.3) is 0 Å². The number of rotatable bonds is 6. The van der Waals surface area contributed by atoms with Crippen molar-refractivity contribution in [1.29, 1.82) is 5.26 Å². The highest BCUT2D eigenvalue weighted by Gasteiger charge is 2.13. The molecular weight excluding hydrogens is 362 g/mol. The van der Waals surface area contributed by atoms with Crippen LogP contribution >= 0.6 is 0 Å². The van der Waals surface area contributed by atoms with Crippen molar-refractivity contribution in [1.82, 2.24) is 0 Å². The molecule has 0 unspecified atom stereocenters. The highest BCUT2D eigenvalue weighted by Crippen LogP contribution is 2.34. The fourth-order valence-electron chi connectivity index (χ4n) is 2.38. The Kier molecular flexibility index (Phi) is 5.23. The first-order valence-electron chi connectivity index (χ1n) is 8.03. The molecule has 0 heterocycles. The van der Waals surface area contributed by atoms with E-state index in [1.165, 1.54) is 48.5 Å². The molecule has 7 nitrogen and oxygen atoms in total. The van der Waals surface area contributed by atoms with Crippen LogP contribution in [0.25, 0.3) is 0 Å². The van der Waals surface area contributed by atoms with Gasteiger partial charge in [0.15, 0.2) is 0 Å². The minimum Gasteiger partial charge on any atom is -0.478 e. The van der Waals surface area contributed by atoms with Crippen molar-refractivity contribution in [2.75, 3.05) is 0 Å². The van der Waals surface area contributed by atoms with Crippen molar-refractivity contribution in [2.24, 2.45) is 0 Å². The minimum absolute atomic E-state index is 0.120. The fourth-order valence-corrected chi connectivity index (χ4v) is 2.38. The summed E-state index contributed by atoms with van der Waals surface area (Å²) in [6, 6.07) is 18.4. The Balaban J connectivity index is 1.85. The maximum atomic E-state index is 10.9. The first-order chi connectivity index (χ1) is 13.5. The van der Waals surface area contributed by atoms with Crippen LogP contribution in [0.3, 0.4) is 0 Å². The van der Waals surface area contributed by atoms with Gasteiger partial charge in [-0.25, -0.2) is 9.59 Å². The smallest absolute Gasteiger partial charge is 0.335 e. The molecule has 2 N–H and O–H groups in total. The molecule has 3 aromatic carbocycles. The van der Waals surface area contributed by atoms with E-state index in [4.69, 9.17) is 19.7 Å². The van der Waals surface area contributed by atoms with Gasteiger partial charge in [-0.3, -0.25) is 0 Å². The number of ether oxygens (including phenoxy) is 2. The molecule has 0 bridgehead atoms. The van der Waals surface area contributed by atoms with E-state index in [9.17, 15) is 14.9 Å². The Bertz CT molecular complexity index is 988.